The molecule has 0 aromatic heterocycles. The van der Waals surface area contributed by atoms with E-state index in [1.165, 1.54) is 13.8 Å². The Bertz CT molecular complexity index is 256. The fourth-order valence-electron chi connectivity index (χ4n) is 1.26. The summed E-state index contributed by atoms with van der Waals surface area (Å²) in [5, 5.41) is 0.0347. The molecule has 88 valence electrons. The number of alkyl halides is 3. The highest BCUT2D eigenvalue weighted by Crippen LogP contribution is 2.19. The van der Waals surface area contributed by atoms with Gasteiger partial charge in [0.25, 0.3) is 5.91 Å². The summed E-state index contributed by atoms with van der Waals surface area (Å²) in [6.07, 6.45) is -3.08. The first-order valence-electron chi connectivity index (χ1n) is 4.47. The fraction of sp³-hybridized carbons (Fsp3) is 0.778. The zero-order valence-electron chi connectivity index (χ0n) is 8.89. The summed E-state index contributed by atoms with van der Waals surface area (Å²) in [5.74, 6) is -1.62. The van der Waals surface area contributed by atoms with Gasteiger partial charge in [-0.3, -0.25) is 9.59 Å². The van der Waals surface area contributed by atoms with Gasteiger partial charge in [0.05, 0.1) is 10.9 Å². The maximum Gasteiger partial charge on any atom is 0.315 e. The number of carbonyl (C=O) groups excluding carboxylic acids is 2. The largest absolute Gasteiger partial charge is 0.326 e. The number of hydrogen-bond donors (Lipinski definition) is 0. The Morgan fingerprint density at radius 1 is 1.40 bits per heavy atom. The molecule has 0 fully saturated rings. The van der Waals surface area contributed by atoms with Crippen LogP contribution in [0.1, 0.15) is 20.8 Å². The first-order chi connectivity index (χ1) is 6.78. The summed E-state index contributed by atoms with van der Waals surface area (Å²) < 4.78 is 24.5. The van der Waals surface area contributed by atoms with Crippen molar-refractivity contribution in [3.63, 3.8) is 0 Å². The molecule has 0 aliphatic rings. The van der Waals surface area contributed by atoms with Crippen molar-refractivity contribution in [3.8, 4) is 0 Å². The van der Waals surface area contributed by atoms with Gasteiger partial charge in [-0.05, 0) is 20.8 Å². The lowest BCUT2D eigenvalue weighted by atomic mass is 9.97. The minimum absolute atomic E-state index is 0.0347. The van der Waals surface area contributed by atoms with Crippen LogP contribution in [0.15, 0.2) is 0 Å². The molecular formula is C9H14BrF2NO2. The molecule has 0 N–H and O–H groups in total. The summed E-state index contributed by atoms with van der Waals surface area (Å²) in [4.78, 5) is 23.5. The molecule has 0 unspecified atom stereocenters. The molecule has 3 nitrogen and oxygen atoms in total. The molecule has 0 spiro atoms. The van der Waals surface area contributed by atoms with Crippen molar-refractivity contribution in [3.05, 3.63) is 0 Å². The molecule has 0 heterocycles. The first kappa shape index (κ1) is 14.5. The average Bonchev–Trinajstić information content (AvgIpc) is 2.16. The van der Waals surface area contributed by atoms with E-state index in [1.54, 1.807) is 6.92 Å². The lowest BCUT2D eigenvalue weighted by molar-refractivity contribution is -0.152. The molecule has 0 aliphatic heterocycles. The van der Waals surface area contributed by atoms with Crippen LogP contribution in [0.5, 0.6) is 0 Å². The van der Waals surface area contributed by atoms with Crippen LogP contribution in [0.4, 0.5) is 8.78 Å². The summed E-state index contributed by atoms with van der Waals surface area (Å²) in [5.41, 5.74) is -1.20. The Kier molecular flexibility index (Phi) is 5.34. The smallest absolute Gasteiger partial charge is 0.315 e. The Morgan fingerprint density at radius 3 is 2.13 bits per heavy atom. The maximum absolute atomic E-state index is 12.2. The zero-order valence-corrected chi connectivity index (χ0v) is 10.5. The topological polar surface area (TPSA) is 37.4 Å². The number of carbonyl (C=O) groups is 2. The van der Waals surface area contributed by atoms with Crippen molar-refractivity contribution in [2.45, 2.75) is 32.7 Å². The van der Waals surface area contributed by atoms with E-state index >= 15 is 0 Å². The van der Waals surface area contributed by atoms with E-state index in [1.807, 2.05) is 0 Å². The summed E-state index contributed by atoms with van der Waals surface area (Å²) in [6.45, 7) is 4.55. The Labute approximate surface area is 95.9 Å². The van der Waals surface area contributed by atoms with E-state index in [0.717, 1.165) is 4.90 Å². The molecule has 1 amide bonds. The number of ketones is 1. The summed E-state index contributed by atoms with van der Waals surface area (Å²) in [7, 11) is 0. The highest BCUT2D eigenvalue weighted by Gasteiger charge is 2.38. The molecule has 0 aliphatic carbocycles. The molecule has 0 aromatic rings. The second-order valence-electron chi connectivity index (χ2n) is 3.50. The molecule has 0 aromatic carbocycles. The molecule has 6 heteroatoms. The second-order valence-corrected chi connectivity index (χ2v) is 4.06. The normalized spacial score (nSPS) is 11.7. The van der Waals surface area contributed by atoms with Gasteiger partial charge in [-0.15, -0.1) is 0 Å². The first-order valence-corrected chi connectivity index (χ1v) is 5.60. The van der Waals surface area contributed by atoms with Gasteiger partial charge in [-0.1, -0.05) is 15.9 Å². The van der Waals surface area contributed by atoms with Crippen LogP contribution in [-0.2, 0) is 9.59 Å². The summed E-state index contributed by atoms with van der Waals surface area (Å²) >= 11 is 2.96. The number of amides is 1. The van der Waals surface area contributed by atoms with Gasteiger partial charge in [0.2, 0.25) is 0 Å². The van der Waals surface area contributed by atoms with Crippen molar-refractivity contribution in [1.29, 1.82) is 0 Å². The Morgan fingerprint density at radius 2 is 1.87 bits per heavy atom. The number of likely N-dealkylation sites (N-methyl/N-ethyl adjacent to an activating group) is 1. The van der Waals surface area contributed by atoms with Crippen LogP contribution in [0.2, 0.25) is 0 Å². The van der Waals surface area contributed by atoms with Gasteiger partial charge in [-0.25, -0.2) is 0 Å². The van der Waals surface area contributed by atoms with Crippen molar-refractivity contribution in [2.75, 3.05) is 11.9 Å². The third kappa shape index (κ3) is 3.22. The molecule has 0 radical (unpaired) electrons. The minimum atomic E-state index is -3.08. The zero-order chi connectivity index (χ0) is 12.2. The van der Waals surface area contributed by atoms with Crippen LogP contribution in [0.25, 0.3) is 0 Å². The third-order valence-electron chi connectivity index (χ3n) is 2.25. The van der Waals surface area contributed by atoms with E-state index in [0.29, 0.717) is 0 Å². The molecular weight excluding hydrogens is 272 g/mol. The van der Waals surface area contributed by atoms with E-state index in [9.17, 15) is 18.4 Å². The van der Waals surface area contributed by atoms with E-state index in [-0.39, 0.29) is 17.7 Å². The second kappa shape index (κ2) is 5.53. The minimum Gasteiger partial charge on any atom is -0.326 e. The molecule has 15 heavy (non-hydrogen) atoms. The van der Waals surface area contributed by atoms with E-state index in [2.05, 4.69) is 15.9 Å². The third-order valence-corrected chi connectivity index (χ3v) is 2.76. The lowest BCUT2D eigenvalue weighted by Gasteiger charge is -2.36. The fourth-order valence-corrected chi connectivity index (χ4v) is 1.94. The van der Waals surface area contributed by atoms with Gasteiger partial charge < -0.3 is 4.90 Å². The van der Waals surface area contributed by atoms with Gasteiger partial charge in [0, 0.05) is 6.54 Å². The van der Waals surface area contributed by atoms with E-state index < -0.39 is 17.9 Å². The number of nitrogens with zero attached hydrogens (tertiary/aromatic N) is 1. The Hall–Kier alpha value is -0.520. The highest BCUT2D eigenvalue weighted by molar-refractivity contribution is 9.09. The van der Waals surface area contributed by atoms with Gasteiger partial charge >= 0.3 is 6.43 Å². The van der Waals surface area contributed by atoms with Gasteiger partial charge in [-0.2, -0.15) is 8.78 Å². The standard InChI is InChI=1S/C9H14BrF2NO2/c1-4-13(8(15)7(11)12)9(2,3)6(14)5-10/h7H,4-5H2,1-3H3. The summed E-state index contributed by atoms with van der Waals surface area (Å²) in [6, 6.07) is 0. The van der Waals surface area contributed by atoms with Crippen LogP contribution < -0.4 is 0 Å². The van der Waals surface area contributed by atoms with Crippen LogP contribution in [0.3, 0.4) is 0 Å². The monoisotopic (exact) mass is 285 g/mol. The predicted molar refractivity (Wildman–Crippen MR) is 56.3 cm³/mol. The molecule has 0 saturated heterocycles. The van der Waals surface area contributed by atoms with Crippen LogP contribution in [0, 0.1) is 0 Å². The predicted octanol–water partition coefficient (Wildman–Crippen LogP) is 1.84. The maximum atomic E-state index is 12.2. The van der Waals surface area contributed by atoms with Crippen molar-refractivity contribution in [2.24, 2.45) is 0 Å². The van der Waals surface area contributed by atoms with Crippen molar-refractivity contribution in [1.82, 2.24) is 4.90 Å². The van der Waals surface area contributed by atoms with Crippen LogP contribution in [-0.4, -0.2) is 40.4 Å². The number of Topliss-reactive ketones (excluding diaryl/α,β-unsaturated/α-hetero) is 1. The Balaban J connectivity index is 4.96. The van der Waals surface area contributed by atoms with Crippen LogP contribution >= 0.6 is 15.9 Å². The molecule has 0 rings (SSSR count). The molecule has 0 bridgehead atoms. The highest BCUT2D eigenvalue weighted by atomic mass is 79.9. The number of halogens is 3. The molecule has 0 saturated carbocycles. The quantitative estimate of drug-likeness (QED) is 0.723. The molecule has 0 atom stereocenters. The lowest BCUT2D eigenvalue weighted by Crippen LogP contribution is -2.55. The van der Waals surface area contributed by atoms with E-state index in [4.69, 9.17) is 0 Å². The van der Waals surface area contributed by atoms with Crippen molar-refractivity contribution < 1.29 is 18.4 Å². The van der Waals surface area contributed by atoms with Gasteiger partial charge in [0.1, 0.15) is 0 Å². The van der Waals surface area contributed by atoms with Crippen molar-refractivity contribution >= 4 is 27.6 Å². The number of hydrogen-bond acceptors (Lipinski definition) is 2. The van der Waals surface area contributed by atoms with Gasteiger partial charge in [0.15, 0.2) is 5.78 Å². The SMILES string of the molecule is CCN(C(=O)C(F)F)C(C)(C)C(=O)CBr. The average molecular weight is 286 g/mol. The number of rotatable bonds is 5.